The second-order valence-electron chi connectivity index (χ2n) is 20.0. The van der Waals surface area contributed by atoms with Crippen LogP contribution in [0.3, 0.4) is 0 Å². The van der Waals surface area contributed by atoms with Crippen molar-refractivity contribution in [3.8, 4) is 0 Å². The Hall–Kier alpha value is -2.86. The first-order chi connectivity index (χ1) is 32.5. The van der Waals surface area contributed by atoms with Crippen LogP contribution in [-0.4, -0.2) is 6.61 Å². The molecule has 1 atom stereocenters. The highest BCUT2D eigenvalue weighted by molar-refractivity contribution is 7.58. The molecule has 0 radical (unpaired) electrons. The third-order valence-corrected chi connectivity index (χ3v) is 14.3. The van der Waals surface area contributed by atoms with E-state index in [-0.39, 0.29) is 0 Å². The summed E-state index contributed by atoms with van der Waals surface area (Å²) in [5.41, 5.74) is 17.0. The number of hydrogen-bond donors (Lipinski definition) is 0. The van der Waals surface area contributed by atoms with Gasteiger partial charge in [-0.05, 0) is 231 Å². The Morgan fingerprint density at radius 2 is 0.478 bits per heavy atom. The Morgan fingerprint density at radius 3 is 0.652 bits per heavy atom. The van der Waals surface area contributed by atoms with Gasteiger partial charge in [0.2, 0.25) is 0 Å². The van der Waals surface area contributed by atoms with Crippen molar-refractivity contribution in [2.75, 3.05) is 6.61 Å². The lowest BCUT2D eigenvalue weighted by molar-refractivity contribution is -0.339. The molecule has 0 aromatic heterocycles. The summed E-state index contributed by atoms with van der Waals surface area (Å²) in [6.07, 6.45) is 51.7. The van der Waals surface area contributed by atoms with Crippen molar-refractivity contribution in [2.24, 2.45) is 0 Å². The lowest BCUT2D eigenvalue weighted by atomic mass is 10.0. The molecular formula is C60H97O7P2-3. The first-order valence-corrected chi connectivity index (χ1v) is 28.9. The predicted molar refractivity (Wildman–Crippen MR) is 295 cm³/mol. The van der Waals surface area contributed by atoms with E-state index < -0.39 is 22.3 Å². The van der Waals surface area contributed by atoms with Crippen LogP contribution in [0.5, 0.6) is 0 Å². The van der Waals surface area contributed by atoms with Crippen LogP contribution in [0.2, 0.25) is 0 Å². The molecule has 0 aliphatic rings. The third kappa shape index (κ3) is 44.8. The molecule has 0 spiro atoms. The second-order valence-corrected chi connectivity index (χ2v) is 22.7. The minimum absolute atomic E-state index is 0.392. The van der Waals surface area contributed by atoms with E-state index in [4.69, 9.17) is 0 Å². The summed E-state index contributed by atoms with van der Waals surface area (Å²) in [7, 11) is -10.9. The van der Waals surface area contributed by atoms with Crippen LogP contribution in [0.25, 0.3) is 0 Å². The van der Waals surface area contributed by atoms with E-state index in [0.717, 1.165) is 128 Å². The van der Waals surface area contributed by atoms with E-state index in [1.807, 2.05) is 6.92 Å². The van der Waals surface area contributed by atoms with E-state index in [1.54, 1.807) is 0 Å². The highest BCUT2D eigenvalue weighted by atomic mass is 31.3. The van der Waals surface area contributed by atoms with Gasteiger partial charge in [0.05, 0.1) is 14.4 Å². The molecule has 0 aliphatic heterocycles. The van der Waals surface area contributed by atoms with Crippen molar-refractivity contribution in [1.82, 2.24) is 0 Å². The molecular weight excluding hydrogens is 895 g/mol. The molecule has 0 aromatic carbocycles. The van der Waals surface area contributed by atoms with Crippen LogP contribution in [0.4, 0.5) is 0 Å². The normalized spacial score (nSPS) is 15.9. The zero-order chi connectivity index (χ0) is 52.1. The molecule has 1 unspecified atom stereocenters. The van der Waals surface area contributed by atoms with Gasteiger partial charge in [-0.15, -0.1) is 0 Å². The molecule has 0 saturated heterocycles. The molecule has 0 amide bonds. The topological polar surface area (TPSA) is 122 Å². The maximum absolute atomic E-state index is 11.3. The first-order valence-electron chi connectivity index (χ1n) is 26.0. The molecule has 0 fully saturated rings. The number of allylic oxidation sites excluding steroid dienone is 23. The van der Waals surface area contributed by atoms with Gasteiger partial charge in [0.1, 0.15) is 0 Å². The molecule has 0 N–H and O–H groups in total. The van der Waals surface area contributed by atoms with Gasteiger partial charge in [-0.2, -0.15) is 0 Å². The Labute approximate surface area is 424 Å². The summed E-state index contributed by atoms with van der Waals surface area (Å²) in [6.45, 7) is 28.3. The average Bonchev–Trinajstić information content (AvgIpc) is 3.22. The van der Waals surface area contributed by atoms with E-state index >= 15 is 0 Å². The van der Waals surface area contributed by atoms with Gasteiger partial charge in [-0.1, -0.05) is 140 Å². The zero-order valence-corrected chi connectivity index (χ0v) is 47.7. The lowest BCUT2D eigenvalue weighted by Crippen LogP contribution is -2.19. The Bertz CT molecular complexity index is 1960. The maximum atomic E-state index is 11.3. The van der Waals surface area contributed by atoms with Crippen molar-refractivity contribution < 1.29 is 32.6 Å². The van der Waals surface area contributed by atoms with Crippen molar-refractivity contribution in [3.63, 3.8) is 0 Å². The van der Waals surface area contributed by atoms with Gasteiger partial charge >= 0.3 is 0 Å². The van der Waals surface area contributed by atoms with Crippen molar-refractivity contribution >= 4 is 15.6 Å². The van der Waals surface area contributed by atoms with E-state index in [1.165, 1.54) is 80.2 Å². The SMILES string of the molecule is CC(C)=CCC/C(C)=C/CC/C(C)=C/CC/C(C)=C\CC/C(C)=C\CC/C(C)=C\CC/C(C)=C\CC/C(C)=C\CC/C(C)=C\CC/C(C)=C\CC/C(C)=C\CC/C(C)=C\COP(=O)([O-])OP(=O)([O-])[O-]. The largest absolute Gasteiger partial charge is 0.790 e. The predicted octanol–water partition coefficient (Wildman–Crippen LogP) is 18.3. The van der Waals surface area contributed by atoms with Crippen LogP contribution in [0.1, 0.15) is 231 Å². The molecule has 7 nitrogen and oxygen atoms in total. The molecule has 392 valence electrons. The van der Waals surface area contributed by atoms with Gasteiger partial charge in [0, 0.05) is 0 Å². The average molecular weight is 992 g/mol. The molecule has 0 aromatic rings. The highest BCUT2D eigenvalue weighted by Crippen LogP contribution is 2.50. The van der Waals surface area contributed by atoms with Gasteiger partial charge < -0.3 is 23.8 Å². The van der Waals surface area contributed by atoms with Crippen molar-refractivity contribution in [1.29, 1.82) is 0 Å². The monoisotopic (exact) mass is 992 g/mol. The van der Waals surface area contributed by atoms with Crippen LogP contribution >= 0.6 is 15.6 Å². The Morgan fingerprint density at radius 1 is 0.304 bits per heavy atom. The molecule has 0 rings (SSSR count). The number of phosphoric ester groups is 1. The number of rotatable bonds is 38. The first kappa shape index (κ1) is 66.1. The minimum atomic E-state index is -5.67. The van der Waals surface area contributed by atoms with Gasteiger partial charge in [-0.25, -0.2) is 0 Å². The summed E-state index contributed by atoms with van der Waals surface area (Å²) < 4.78 is 29.7. The smallest absolute Gasteiger partial charge is 0.272 e. The molecule has 69 heavy (non-hydrogen) atoms. The third-order valence-electron chi connectivity index (χ3n) is 12.3. The summed E-state index contributed by atoms with van der Waals surface area (Å²) in [6, 6.07) is 0. The molecule has 0 heterocycles. The summed E-state index contributed by atoms with van der Waals surface area (Å²) in [5.74, 6) is 0. The van der Waals surface area contributed by atoms with Crippen molar-refractivity contribution in [2.45, 2.75) is 231 Å². The Balaban J connectivity index is 4.32. The standard InChI is InChI=1S/C60H100O7P2/c1-49(2)25-14-26-50(3)27-15-28-51(4)29-16-30-52(5)31-17-32-53(6)33-18-34-54(7)35-19-36-55(8)37-20-38-56(9)39-21-40-57(10)41-22-42-58(11)43-23-44-59(12)45-24-46-60(13)47-48-66-69(64,65)67-68(61,62)63/h25,27,29,31,33,35,37,39,41,43,45,47H,14-24,26,28,30,32,34,36,38,40,42,44,46,48H2,1-13H3,(H,64,65)(H2,61,62,63)/p-3/b50-27+,51-29+,52-31-,53-33-,54-35-,55-37-,56-39-,57-41-,58-43-,59-45-,60-47-. The second kappa shape index (κ2) is 39.7. The highest BCUT2D eigenvalue weighted by Gasteiger charge is 2.10. The van der Waals surface area contributed by atoms with Gasteiger partial charge in [-0.3, -0.25) is 8.88 Å². The summed E-state index contributed by atoms with van der Waals surface area (Å²) >= 11 is 0. The maximum Gasteiger partial charge on any atom is 0.272 e. The van der Waals surface area contributed by atoms with E-state index in [0.29, 0.717) is 6.42 Å². The minimum Gasteiger partial charge on any atom is -0.790 e. The fourth-order valence-electron chi connectivity index (χ4n) is 7.59. The van der Waals surface area contributed by atoms with Crippen LogP contribution in [0.15, 0.2) is 140 Å². The van der Waals surface area contributed by atoms with E-state index in [9.17, 15) is 23.8 Å². The van der Waals surface area contributed by atoms with Crippen LogP contribution < -0.4 is 14.7 Å². The van der Waals surface area contributed by atoms with E-state index in [2.05, 4.69) is 159 Å². The zero-order valence-electron chi connectivity index (χ0n) is 45.9. The van der Waals surface area contributed by atoms with Gasteiger partial charge in [0.25, 0.3) is 7.82 Å². The fraction of sp³-hybridized carbons (Fsp3) is 0.600. The molecule has 0 bridgehead atoms. The summed E-state index contributed by atoms with van der Waals surface area (Å²) in [5, 5.41) is 0. The van der Waals surface area contributed by atoms with Gasteiger partial charge in [0.15, 0.2) is 0 Å². The molecule has 9 heteroatoms. The van der Waals surface area contributed by atoms with Crippen LogP contribution in [-0.2, 0) is 18.0 Å². The summed E-state index contributed by atoms with van der Waals surface area (Å²) in [4.78, 5) is 32.3. The van der Waals surface area contributed by atoms with Crippen LogP contribution in [0, 0.1) is 0 Å². The Kier molecular flexibility index (Phi) is 38.1. The number of hydrogen-bond acceptors (Lipinski definition) is 7. The fourth-order valence-corrected chi connectivity index (χ4v) is 9.02. The molecule has 0 saturated carbocycles. The van der Waals surface area contributed by atoms with Crippen molar-refractivity contribution in [3.05, 3.63) is 140 Å². The lowest BCUT2D eigenvalue weighted by Gasteiger charge is -2.34. The quantitative estimate of drug-likeness (QED) is 0.0446. The molecule has 0 aliphatic carbocycles. The number of phosphoric acid groups is 2.